The van der Waals surface area contributed by atoms with Crippen LogP contribution in [0.1, 0.15) is 18.4 Å². The van der Waals surface area contributed by atoms with Gasteiger partial charge in [0.2, 0.25) is 0 Å². The van der Waals surface area contributed by atoms with Crippen molar-refractivity contribution < 1.29 is 22.3 Å². The standard InChI is InChI=1S/C19H16BrFN2O4S/c20-13-5-6-16(15(21)11-13)27-19(24)12-7-9-23(10-8-12)18-14-3-1-2-4-17(14)28(25,26)22-18/h1-6,11-12H,7-10H2. The Hall–Kier alpha value is -2.26. The quantitative estimate of drug-likeness (QED) is 0.500. The van der Waals surface area contributed by atoms with E-state index >= 15 is 0 Å². The van der Waals surface area contributed by atoms with Gasteiger partial charge in [0.15, 0.2) is 17.4 Å². The van der Waals surface area contributed by atoms with E-state index < -0.39 is 21.8 Å². The summed E-state index contributed by atoms with van der Waals surface area (Å²) in [5.74, 6) is -1.16. The number of rotatable bonds is 2. The van der Waals surface area contributed by atoms with E-state index in [1.165, 1.54) is 18.2 Å². The van der Waals surface area contributed by atoms with Gasteiger partial charge >= 0.3 is 5.97 Å². The lowest BCUT2D eigenvalue weighted by Crippen LogP contribution is -2.41. The molecule has 0 atom stereocenters. The van der Waals surface area contributed by atoms with Crippen molar-refractivity contribution in [2.24, 2.45) is 10.3 Å². The van der Waals surface area contributed by atoms with Gasteiger partial charge in [-0.1, -0.05) is 28.1 Å². The lowest BCUT2D eigenvalue weighted by atomic mass is 9.96. The maximum absolute atomic E-state index is 13.9. The Morgan fingerprint density at radius 1 is 1.18 bits per heavy atom. The van der Waals surface area contributed by atoms with E-state index in [2.05, 4.69) is 20.3 Å². The minimum absolute atomic E-state index is 0.101. The van der Waals surface area contributed by atoms with Gasteiger partial charge in [0.05, 0.1) is 5.92 Å². The minimum atomic E-state index is -3.67. The van der Waals surface area contributed by atoms with Crippen molar-refractivity contribution >= 4 is 37.8 Å². The van der Waals surface area contributed by atoms with Crippen molar-refractivity contribution in [1.29, 1.82) is 0 Å². The topological polar surface area (TPSA) is 76.0 Å². The average Bonchev–Trinajstić information content (AvgIpc) is 2.96. The zero-order chi connectivity index (χ0) is 19.9. The molecule has 0 bridgehead atoms. The number of amidine groups is 1. The Labute approximate surface area is 170 Å². The zero-order valence-corrected chi connectivity index (χ0v) is 17.0. The molecular formula is C19H16BrFN2O4S. The number of carbonyl (C=O) groups excluding carboxylic acids is 1. The molecule has 6 nitrogen and oxygen atoms in total. The number of carbonyl (C=O) groups is 1. The number of hydrogen-bond acceptors (Lipinski definition) is 5. The molecule has 28 heavy (non-hydrogen) atoms. The van der Waals surface area contributed by atoms with Crippen LogP contribution in [0.25, 0.3) is 0 Å². The van der Waals surface area contributed by atoms with Crippen LogP contribution in [-0.4, -0.2) is 38.2 Å². The van der Waals surface area contributed by atoms with Gasteiger partial charge in [-0.3, -0.25) is 4.79 Å². The number of esters is 1. The SMILES string of the molecule is O=C(Oc1ccc(Br)cc1F)C1CCN(C2=NS(=O)(=O)c3ccccc32)CC1. The molecular weight excluding hydrogens is 451 g/mol. The summed E-state index contributed by atoms with van der Waals surface area (Å²) in [5, 5.41) is 0. The number of likely N-dealkylation sites (tertiary alicyclic amines) is 1. The Bertz CT molecular complexity index is 1080. The number of ether oxygens (including phenoxy) is 1. The van der Waals surface area contributed by atoms with Gasteiger partial charge in [0.25, 0.3) is 10.0 Å². The highest BCUT2D eigenvalue weighted by Crippen LogP contribution is 2.30. The third-order valence-electron chi connectivity index (χ3n) is 4.84. The predicted octanol–water partition coefficient (Wildman–Crippen LogP) is 3.35. The molecule has 1 fully saturated rings. The second-order valence-electron chi connectivity index (χ2n) is 6.64. The summed E-state index contributed by atoms with van der Waals surface area (Å²) in [4.78, 5) is 14.5. The van der Waals surface area contributed by atoms with Crippen LogP contribution in [0.2, 0.25) is 0 Å². The fourth-order valence-corrected chi connectivity index (χ4v) is 4.95. The van der Waals surface area contributed by atoms with Crippen LogP contribution in [0.4, 0.5) is 4.39 Å². The molecule has 2 aliphatic rings. The minimum Gasteiger partial charge on any atom is -0.423 e. The van der Waals surface area contributed by atoms with E-state index in [0.717, 1.165) is 0 Å². The van der Waals surface area contributed by atoms with E-state index in [4.69, 9.17) is 4.74 Å². The normalized spacial score (nSPS) is 18.5. The number of halogens is 2. The summed E-state index contributed by atoms with van der Waals surface area (Å²) in [6.07, 6.45) is 0.941. The van der Waals surface area contributed by atoms with Crippen molar-refractivity contribution in [2.75, 3.05) is 13.1 Å². The number of hydrogen-bond donors (Lipinski definition) is 0. The van der Waals surface area contributed by atoms with Gasteiger partial charge in [0, 0.05) is 23.1 Å². The smallest absolute Gasteiger partial charge is 0.314 e. The van der Waals surface area contributed by atoms with E-state index in [0.29, 0.717) is 41.8 Å². The second kappa shape index (κ2) is 7.29. The highest BCUT2D eigenvalue weighted by molar-refractivity contribution is 9.10. The molecule has 4 rings (SSSR count). The molecule has 2 aliphatic heterocycles. The molecule has 0 N–H and O–H groups in total. The predicted molar refractivity (Wildman–Crippen MR) is 104 cm³/mol. The fraction of sp³-hybridized carbons (Fsp3) is 0.263. The molecule has 2 aromatic carbocycles. The van der Waals surface area contributed by atoms with Crippen LogP contribution in [0, 0.1) is 11.7 Å². The average molecular weight is 467 g/mol. The third-order valence-corrected chi connectivity index (χ3v) is 6.66. The van der Waals surface area contributed by atoms with Crippen molar-refractivity contribution in [3.05, 3.63) is 58.3 Å². The molecule has 0 unspecified atom stereocenters. The first-order valence-corrected chi connectivity index (χ1v) is 10.9. The van der Waals surface area contributed by atoms with Crippen molar-refractivity contribution in [3.63, 3.8) is 0 Å². The molecule has 0 saturated carbocycles. The number of sulfonamides is 1. The maximum Gasteiger partial charge on any atom is 0.314 e. The van der Waals surface area contributed by atoms with Crippen LogP contribution in [0.3, 0.4) is 0 Å². The molecule has 2 aromatic rings. The maximum atomic E-state index is 13.9. The van der Waals surface area contributed by atoms with Gasteiger partial charge in [-0.25, -0.2) is 4.39 Å². The van der Waals surface area contributed by atoms with Crippen molar-refractivity contribution in [3.8, 4) is 5.75 Å². The summed E-state index contributed by atoms with van der Waals surface area (Å²) in [5.41, 5.74) is 0.584. The van der Waals surface area contributed by atoms with Gasteiger partial charge < -0.3 is 9.64 Å². The second-order valence-corrected chi connectivity index (χ2v) is 9.13. The van der Waals surface area contributed by atoms with Crippen LogP contribution in [0.15, 0.2) is 56.2 Å². The molecule has 0 aliphatic carbocycles. The lowest BCUT2D eigenvalue weighted by molar-refractivity contribution is -0.140. The number of nitrogens with zero attached hydrogens (tertiary/aromatic N) is 2. The first-order valence-electron chi connectivity index (χ1n) is 8.71. The number of piperidine rings is 1. The molecule has 0 amide bonds. The Morgan fingerprint density at radius 2 is 1.89 bits per heavy atom. The lowest BCUT2D eigenvalue weighted by Gasteiger charge is -2.32. The van der Waals surface area contributed by atoms with E-state index in [9.17, 15) is 17.6 Å². The van der Waals surface area contributed by atoms with Crippen LogP contribution >= 0.6 is 15.9 Å². The molecule has 0 radical (unpaired) electrons. The van der Waals surface area contributed by atoms with Gasteiger partial charge in [0.1, 0.15) is 4.90 Å². The van der Waals surface area contributed by atoms with Gasteiger partial charge in [-0.05, 0) is 43.2 Å². The van der Waals surface area contributed by atoms with Gasteiger partial charge in [-0.2, -0.15) is 8.42 Å². The van der Waals surface area contributed by atoms with Crippen LogP contribution in [0.5, 0.6) is 5.75 Å². The Balaban J connectivity index is 1.43. The van der Waals surface area contributed by atoms with E-state index in [1.54, 1.807) is 24.3 Å². The Kier molecular flexibility index (Phi) is 4.96. The van der Waals surface area contributed by atoms with Crippen LogP contribution in [-0.2, 0) is 14.8 Å². The van der Waals surface area contributed by atoms with Crippen molar-refractivity contribution in [1.82, 2.24) is 4.90 Å². The summed E-state index contributed by atoms with van der Waals surface area (Å²) < 4.78 is 48.0. The highest BCUT2D eigenvalue weighted by Gasteiger charge is 2.35. The summed E-state index contributed by atoms with van der Waals surface area (Å²) >= 11 is 3.16. The molecule has 146 valence electrons. The fourth-order valence-electron chi connectivity index (χ4n) is 3.39. The van der Waals surface area contributed by atoms with E-state index in [-0.39, 0.29) is 16.6 Å². The monoisotopic (exact) mass is 466 g/mol. The largest absolute Gasteiger partial charge is 0.423 e. The number of benzene rings is 2. The summed E-state index contributed by atoms with van der Waals surface area (Å²) in [6, 6.07) is 10.9. The molecule has 2 heterocycles. The molecule has 0 aromatic heterocycles. The Morgan fingerprint density at radius 3 is 2.61 bits per heavy atom. The summed E-state index contributed by atoms with van der Waals surface area (Å²) in [6.45, 7) is 0.927. The van der Waals surface area contributed by atoms with Crippen molar-refractivity contribution in [2.45, 2.75) is 17.7 Å². The van der Waals surface area contributed by atoms with Crippen LogP contribution < -0.4 is 4.74 Å². The van der Waals surface area contributed by atoms with Gasteiger partial charge in [-0.15, -0.1) is 4.40 Å². The number of fused-ring (bicyclic) bond motifs is 1. The van der Waals surface area contributed by atoms with E-state index in [1.807, 2.05) is 4.90 Å². The highest BCUT2D eigenvalue weighted by atomic mass is 79.9. The first kappa shape index (κ1) is 19.1. The zero-order valence-electron chi connectivity index (χ0n) is 14.6. The molecule has 9 heteroatoms. The first-order chi connectivity index (χ1) is 13.3. The third kappa shape index (κ3) is 3.56. The molecule has 1 saturated heterocycles. The summed E-state index contributed by atoms with van der Waals surface area (Å²) in [7, 11) is -3.67. The molecule has 0 spiro atoms.